The summed E-state index contributed by atoms with van der Waals surface area (Å²) >= 11 is 1.30. The van der Waals surface area contributed by atoms with E-state index in [9.17, 15) is 17.6 Å². The molecule has 1 aromatic heterocycles. The molecule has 2 aromatic carbocycles. The van der Waals surface area contributed by atoms with Crippen LogP contribution in [0.2, 0.25) is 0 Å². The Bertz CT molecular complexity index is 1120. The second-order valence-electron chi connectivity index (χ2n) is 6.41. The minimum Gasteiger partial charge on any atom is -0.486 e. The van der Waals surface area contributed by atoms with Crippen molar-refractivity contribution in [2.75, 3.05) is 24.3 Å². The minimum atomic E-state index is -3.56. The number of hydrogen-bond donors (Lipinski definition) is 1. The van der Waals surface area contributed by atoms with E-state index in [0.29, 0.717) is 35.4 Å². The van der Waals surface area contributed by atoms with Gasteiger partial charge in [0.25, 0.3) is 0 Å². The number of rotatable bonds is 6. The van der Waals surface area contributed by atoms with Crippen LogP contribution in [0.4, 0.5) is 9.52 Å². The van der Waals surface area contributed by atoms with E-state index in [0.717, 1.165) is 16.8 Å². The van der Waals surface area contributed by atoms with Crippen LogP contribution < -0.4 is 14.8 Å². The summed E-state index contributed by atoms with van der Waals surface area (Å²) < 4.78 is 49.3. The van der Waals surface area contributed by atoms with Crippen molar-refractivity contribution in [3.8, 4) is 11.5 Å². The fraction of sp³-hybridized carbons (Fsp3) is 0.263. The number of benzene rings is 2. The van der Waals surface area contributed by atoms with E-state index >= 15 is 0 Å². The maximum atomic E-state index is 12.9. The summed E-state index contributed by atoms with van der Waals surface area (Å²) in [5, 5.41) is 3.12. The summed E-state index contributed by atoms with van der Waals surface area (Å²) in [6.07, 6.45) is 0.172. The largest absolute Gasteiger partial charge is 0.486 e. The quantitative estimate of drug-likeness (QED) is 0.595. The lowest BCUT2D eigenvalue weighted by Crippen LogP contribution is -2.15. The zero-order valence-corrected chi connectivity index (χ0v) is 16.8. The number of hydrogen-bond acceptors (Lipinski definition) is 7. The van der Waals surface area contributed by atoms with Crippen molar-refractivity contribution in [1.82, 2.24) is 4.98 Å². The predicted molar refractivity (Wildman–Crippen MR) is 107 cm³/mol. The summed E-state index contributed by atoms with van der Waals surface area (Å²) in [5.41, 5.74) is 0.688. The van der Waals surface area contributed by atoms with Gasteiger partial charge in [0.2, 0.25) is 5.91 Å². The molecule has 0 atom stereocenters. The van der Waals surface area contributed by atoms with Crippen LogP contribution in [0.5, 0.6) is 11.5 Å². The van der Waals surface area contributed by atoms with Gasteiger partial charge in [-0.1, -0.05) is 11.3 Å². The number of ether oxygens (including phenoxy) is 2. The zero-order chi connectivity index (χ0) is 20.4. The Labute approximate surface area is 170 Å². The van der Waals surface area contributed by atoms with Crippen molar-refractivity contribution in [2.24, 2.45) is 0 Å². The molecule has 0 saturated heterocycles. The molecule has 1 amide bonds. The fourth-order valence-corrected chi connectivity index (χ4v) is 5.09. The first-order valence-corrected chi connectivity index (χ1v) is 11.4. The van der Waals surface area contributed by atoms with Crippen molar-refractivity contribution >= 4 is 42.4 Å². The molecule has 7 nitrogen and oxygen atoms in total. The number of carbonyl (C=O) groups is 1. The molecule has 0 fully saturated rings. The van der Waals surface area contributed by atoms with Crippen LogP contribution in [0.15, 0.2) is 41.3 Å². The molecule has 0 aliphatic carbocycles. The van der Waals surface area contributed by atoms with E-state index in [1.54, 1.807) is 6.07 Å². The van der Waals surface area contributed by atoms with Gasteiger partial charge < -0.3 is 14.8 Å². The highest BCUT2D eigenvalue weighted by molar-refractivity contribution is 7.91. The van der Waals surface area contributed by atoms with Gasteiger partial charge in [0.05, 0.1) is 20.9 Å². The third kappa shape index (κ3) is 4.48. The molecule has 10 heteroatoms. The standard InChI is InChI=1S/C19H17FN2O5S2/c20-12-3-5-13(6-4-12)29(24,25)9-1-2-18(23)22-19-21-14-10-15-16(11-17(14)28-19)27-8-7-26-15/h3-6,10-11H,1-2,7-9H2,(H,21,22,23). The Kier molecular flexibility index (Phi) is 5.37. The SMILES string of the molecule is O=C(CCCS(=O)(=O)c1ccc(F)cc1)Nc1nc2cc3c(cc2s1)OCCO3. The van der Waals surface area contributed by atoms with Crippen LogP contribution in [0.3, 0.4) is 0 Å². The van der Waals surface area contributed by atoms with Crippen LogP contribution >= 0.6 is 11.3 Å². The van der Waals surface area contributed by atoms with E-state index in [1.165, 1.54) is 23.5 Å². The highest BCUT2D eigenvalue weighted by Crippen LogP contribution is 2.37. The molecule has 0 unspecified atom stereocenters. The van der Waals surface area contributed by atoms with E-state index < -0.39 is 15.7 Å². The normalized spacial score (nSPS) is 13.4. The number of nitrogens with one attached hydrogen (secondary N) is 1. The van der Waals surface area contributed by atoms with Crippen LogP contribution in [-0.4, -0.2) is 38.3 Å². The van der Waals surface area contributed by atoms with Crippen LogP contribution in [0.25, 0.3) is 10.2 Å². The van der Waals surface area contributed by atoms with Gasteiger partial charge in [0, 0.05) is 18.6 Å². The van der Waals surface area contributed by atoms with Gasteiger partial charge in [-0.3, -0.25) is 4.79 Å². The van der Waals surface area contributed by atoms with Gasteiger partial charge in [-0.2, -0.15) is 0 Å². The molecule has 29 heavy (non-hydrogen) atoms. The lowest BCUT2D eigenvalue weighted by atomic mass is 10.3. The van der Waals surface area contributed by atoms with E-state index in [2.05, 4.69) is 10.3 Å². The van der Waals surface area contributed by atoms with Crippen molar-refractivity contribution in [3.63, 3.8) is 0 Å². The fourth-order valence-electron chi connectivity index (χ4n) is 2.88. The molecule has 152 valence electrons. The number of carbonyl (C=O) groups excluding carboxylic acids is 1. The Morgan fingerprint density at radius 1 is 1.14 bits per heavy atom. The summed E-state index contributed by atoms with van der Waals surface area (Å²) in [5.74, 6) is 0.246. The number of aromatic nitrogens is 1. The van der Waals surface area contributed by atoms with Gasteiger partial charge in [-0.15, -0.1) is 0 Å². The van der Waals surface area contributed by atoms with Crippen LogP contribution in [0, 0.1) is 5.82 Å². The molecule has 0 radical (unpaired) electrons. The number of nitrogens with zero attached hydrogens (tertiary/aromatic N) is 1. The highest BCUT2D eigenvalue weighted by atomic mass is 32.2. The van der Waals surface area contributed by atoms with Crippen molar-refractivity contribution < 1.29 is 27.1 Å². The van der Waals surface area contributed by atoms with Crippen molar-refractivity contribution in [3.05, 3.63) is 42.2 Å². The maximum absolute atomic E-state index is 12.9. The topological polar surface area (TPSA) is 94.6 Å². The van der Waals surface area contributed by atoms with E-state index in [-0.39, 0.29) is 29.4 Å². The van der Waals surface area contributed by atoms with E-state index in [1.807, 2.05) is 6.07 Å². The number of sulfone groups is 1. The van der Waals surface area contributed by atoms with Crippen LogP contribution in [-0.2, 0) is 14.6 Å². The van der Waals surface area contributed by atoms with E-state index in [4.69, 9.17) is 9.47 Å². The maximum Gasteiger partial charge on any atom is 0.226 e. The van der Waals surface area contributed by atoms with Gasteiger partial charge in [0.1, 0.15) is 19.0 Å². The molecule has 3 aromatic rings. The summed E-state index contributed by atoms with van der Waals surface area (Å²) in [6.45, 7) is 0.967. The second kappa shape index (κ2) is 7.96. The molecular formula is C19H17FN2O5S2. The first kappa shape index (κ1) is 19.6. The Hall–Kier alpha value is -2.72. The molecule has 4 rings (SSSR count). The minimum absolute atomic E-state index is 0.0269. The number of fused-ring (bicyclic) bond motifs is 2. The second-order valence-corrected chi connectivity index (χ2v) is 9.55. The summed E-state index contributed by atoms with van der Waals surface area (Å²) in [6, 6.07) is 8.23. The molecule has 1 N–H and O–H groups in total. The van der Waals surface area contributed by atoms with Crippen LogP contribution in [0.1, 0.15) is 12.8 Å². The third-order valence-corrected chi connectivity index (χ3v) is 7.04. The zero-order valence-electron chi connectivity index (χ0n) is 15.2. The number of thiazole rings is 1. The molecule has 1 aliphatic rings. The molecule has 0 saturated carbocycles. The first-order valence-electron chi connectivity index (χ1n) is 8.89. The molecule has 0 bridgehead atoms. The number of halogens is 1. The summed E-state index contributed by atoms with van der Waals surface area (Å²) in [7, 11) is -3.56. The monoisotopic (exact) mass is 436 g/mol. The third-order valence-electron chi connectivity index (χ3n) is 4.29. The Morgan fingerprint density at radius 3 is 2.55 bits per heavy atom. The van der Waals surface area contributed by atoms with Gasteiger partial charge in [-0.25, -0.2) is 17.8 Å². The Balaban J connectivity index is 1.35. The summed E-state index contributed by atoms with van der Waals surface area (Å²) in [4.78, 5) is 16.6. The van der Waals surface area contributed by atoms with Gasteiger partial charge >= 0.3 is 0 Å². The molecule has 2 heterocycles. The highest BCUT2D eigenvalue weighted by Gasteiger charge is 2.17. The average molecular weight is 436 g/mol. The van der Waals surface area contributed by atoms with Crippen molar-refractivity contribution in [1.29, 1.82) is 0 Å². The number of anilines is 1. The molecular weight excluding hydrogens is 419 g/mol. The van der Waals surface area contributed by atoms with Gasteiger partial charge in [0.15, 0.2) is 26.5 Å². The molecule has 1 aliphatic heterocycles. The average Bonchev–Trinajstić information content (AvgIpc) is 3.07. The lowest BCUT2D eigenvalue weighted by Gasteiger charge is -2.17. The first-order chi connectivity index (χ1) is 13.9. The van der Waals surface area contributed by atoms with Crippen molar-refractivity contribution in [2.45, 2.75) is 17.7 Å². The lowest BCUT2D eigenvalue weighted by molar-refractivity contribution is -0.116. The number of amides is 1. The predicted octanol–water partition coefficient (Wildman–Crippen LogP) is 3.40. The smallest absolute Gasteiger partial charge is 0.226 e. The van der Waals surface area contributed by atoms with Gasteiger partial charge in [-0.05, 0) is 30.7 Å². The Morgan fingerprint density at radius 2 is 1.83 bits per heavy atom. The molecule has 0 spiro atoms.